The van der Waals surface area contributed by atoms with Gasteiger partial charge in [-0.15, -0.1) is 4.85 Å². The molecule has 0 fully saturated rings. The number of nitrogens with zero attached hydrogens (tertiary/aromatic N) is 2. The molecule has 0 radical (unpaired) electrons. The monoisotopic (exact) mass is 358 g/mol. The fourth-order valence-corrected chi connectivity index (χ4v) is 2.50. The third-order valence-electron chi connectivity index (χ3n) is 2.65. The molecule has 1 aromatic carbocycles. The van der Waals surface area contributed by atoms with Crippen LogP contribution in [0, 0.1) is 3.57 Å². The first-order valence-corrected chi connectivity index (χ1v) is 6.92. The van der Waals surface area contributed by atoms with Crippen molar-refractivity contribution in [3.05, 3.63) is 45.2 Å². The molecule has 0 amide bonds. The van der Waals surface area contributed by atoms with E-state index in [1.54, 1.807) is 6.07 Å². The zero-order valence-electron chi connectivity index (χ0n) is 10.1. The molecule has 2 rings (SSSR count). The van der Waals surface area contributed by atoms with Crippen molar-refractivity contribution in [3.63, 3.8) is 0 Å². The zero-order chi connectivity index (χ0) is 13.0. The predicted octanol–water partition coefficient (Wildman–Crippen LogP) is 3.26. The summed E-state index contributed by atoms with van der Waals surface area (Å²) in [5.74, 6) is 0.430. The lowest BCUT2D eigenvalue weighted by Gasteiger charge is -2.11. The van der Waals surface area contributed by atoms with Gasteiger partial charge >= 0.3 is 0 Å². The number of aromatic nitrogens is 2. The molecular formula is C13H15IN2O2. The number of aryl methyl sites for hydroxylation is 1. The van der Waals surface area contributed by atoms with Crippen LogP contribution in [0.3, 0.4) is 0 Å². The van der Waals surface area contributed by atoms with Crippen LogP contribution in [0.4, 0.5) is 0 Å². The highest BCUT2D eigenvalue weighted by Gasteiger charge is 2.08. The normalized spacial score (nSPS) is 10.6. The summed E-state index contributed by atoms with van der Waals surface area (Å²) in [6, 6.07) is 7.91. The molecule has 4 nitrogen and oxygen atoms in total. The molecule has 1 aromatic heterocycles. The third-order valence-corrected chi connectivity index (χ3v) is 3.66. The molecule has 18 heavy (non-hydrogen) atoms. The molecule has 5 heteroatoms. The maximum absolute atomic E-state index is 9.07. The van der Waals surface area contributed by atoms with E-state index in [0.29, 0.717) is 12.5 Å². The van der Waals surface area contributed by atoms with Crippen LogP contribution in [-0.2, 0) is 13.0 Å². The van der Waals surface area contributed by atoms with Crippen LogP contribution < -0.4 is 4.74 Å². The lowest BCUT2D eigenvalue weighted by Crippen LogP contribution is -2.03. The fourth-order valence-electron chi connectivity index (χ4n) is 1.79. The first kappa shape index (κ1) is 13.2. The predicted molar refractivity (Wildman–Crippen MR) is 76.9 cm³/mol. The Morgan fingerprint density at radius 1 is 1.39 bits per heavy atom. The molecule has 0 saturated carbocycles. The van der Waals surface area contributed by atoms with Gasteiger partial charge in [-0.05, 0) is 40.6 Å². The quantitative estimate of drug-likeness (QED) is 0.659. The fraction of sp³-hybridized carbons (Fsp3) is 0.308. The van der Waals surface area contributed by atoms with Gasteiger partial charge in [-0.3, -0.25) is 0 Å². The highest BCUT2D eigenvalue weighted by atomic mass is 127. The first-order valence-electron chi connectivity index (χ1n) is 5.84. The van der Waals surface area contributed by atoms with E-state index in [2.05, 4.69) is 52.8 Å². The van der Waals surface area contributed by atoms with Gasteiger partial charge in [-0.2, -0.15) is 0 Å². The Kier molecular flexibility index (Phi) is 4.46. The summed E-state index contributed by atoms with van der Waals surface area (Å²) in [7, 11) is 0. The van der Waals surface area contributed by atoms with Gasteiger partial charge < -0.3 is 9.94 Å². The van der Waals surface area contributed by atoms with Gasteiger partial charge in [0.15, 0.2) is 0 Å². The molecule has 0 bridgehead atoms. The first-order chi connectivity index (χ1) is 8.70. The zero-order valence-corrected chi connectivity index (χ0v) is 12.3. The molecule has 1 N–H and O–H groups in total. The van der Waals surface area contributed by atoms with E-state index >= 15 is 0 Å². The molecule has 2 aromatic rings. The van der Waals surface area contributed by atoms with Crippen LogP contribution in [0.2, 0.25) is 0 Å². The molecule has 0 spiro atoms. The molecule has 0 unspecified atom stereocenters. The van der Waals surface area contributed by atoms with E-state index in [-0.39, 0.29) is 0 Å². The van der Waals surface area contributed by atoms with Crippen LogP contribution in [0.1, 0.15) is 24.5 Å². The Hall–Kier alpha value is -1.24. The van der Waals surface area contributed by atoms with Crippen molar-refractivity contribution in [1.82, 2.24) is 9.94 Å². The van der Waals surface area contributed by atoms with Gasteiger partial charge in [0.05, 0.1) is 6.20 Å². The van der Waals surface area contributed by atoms with Crippen LogP contribution in [0.25, 0.3) is 0 Å². The van der Waals surface area contributed by atoms with Gasteiger partial charge in [-0.25, -0.2) is 0 Å². The van der Waals surface area contributed by atoms with Crippen LogP contribution in [-0.4, -0.2) is 15.2 Å². The summed E-state index contributed by atoms with van der Waals surface area (Å²) >= 11 is 2.32. The minimum Gasteiger partial charge on any atom is -0.472 e. The Bertz CT molecular complexity index is 525. The van der Waals surface area contributed by atoms with Gasteiger partial charge in [0, 0.05) is 15.2 Å². The van der Waals surface area contributed by atoms with E-state index in [9.17, 15) is 0 Å². The third kappa shape index (κ3) is 3.16. The van der Waals surface area contributed by atoms with Crippen LogP contribution in [0.15, 0.2) is 30.5 Å². The molecule has 96 valence electrons. The van der Waals surface area contributed by atoms with E-state index < -0.39 is 0 Å². The average molecular weight is 358 g/mol. The molecule has 0 aliphatic heterocycles. The lowest BCUT2D eigenvalue weighted by molar-refractivity contribution is 0.141. The van der Waals surface area contributed by atoms with Gasteiger partial charge in [0.25, 0.3) is 0 Å². The maximum atomic E-state index is 9.07. The number of ether oxygens (including phenoxy) is 1. The molecule has 1 heterocycles. The van der Waals surface area contributed by atoms with E-state index in [0.717, 1.165) is 17.7 Å². The molecule has 0 saturated heterocycles. The smallest absolute Gasteiger partial charge is 0.236 e. The second kappa shape index (κ2) is 6.08. The van der Waals surface area contributed by atoms with Crippen molar-refractivity contribution in [3.8, 4) is 5.88 Å². The minimum absolute atomic E-state index is 0.430. The van der Waals surface area contributed by atoms with Crippen molar-refractivity contribution < 1.29 is 9.94 Å². The lowest BCUT2D eigenvalue weighted by atomic mass is 10.0. The van der Waals surface area contributed by atoms with E-state index in [4.69, 9.17) is 9.94 Å². The van der Waals surface area contributed by atoms with Crippen molar-refractivity contribution >= 4 is 22.6 Å². The van der Waals surface area contributed by atoms with Crippen molar-refractivity contribution in [2.45, 2.75) is 26.4 Å². The Morgan fingerprint density at radius 3 is 2.89 bits per heavy atom. The minimum atomic E-state index is 0.430. The van der Waals surface area contributed by atoms with Gasteiger partial charge in [-0.1, -0.05) is 30.6 Å². The molecule has 0 atom stereocenters. The summed E-state index contributed by atoms with van der Waals surface area (Å²) in [5.41, 5.74) is 2.51. The largest absolute Gasteiger partial charge is 0.472 e. The number of rotatable bonds is 5. The maximum Gasteiger partial charge on any atom is 0.236 e. The van der Waals surface area contributed by atoms with Crippen LogP contribution >= 0.6 is 22.6 Å². The van der Waals surface area contributed by atoms with Crippen molar-refractivity contribution in [1.29, 1.82) is 0 Å². The standard InChI is InChI=1S/C13H15IN2O2/c1-2-4-10-5-3-6-12(14)11(10)9-18-13-7-8-16(17)15-13/h3,5-8,17H,2,4,9H2,1H3. The highest BCUT2D eigenvalue weighted by Crippen LogP contribution is 2.20. The number of hydrogen-bond donors (Lipinski definition) is 1. The molecule has 0 aliphatic rings. The number of halogens is 1. The van der Waals surface area contributed by atoms with Crippen molar-refractivity contribution in [2.24, 2.45) is 0 Å². The van der Waals surface area contributed by atoms with E-state index in [1.807, 2.05) is 0 Å². The van der Waals surface area contributed by atoms with E-state index in [1.165, 1.54) is 20.9 Å². The topological polar surface area (TPSA) is 47.3 Å². The average Bonchev–Trinajstić information content (AvgIpc) is 2.75. The SMILES string of the molecule is CCCc1cccc(I)c1COc1ccn(O)n1. The van der Waals surface area contributed by atoms with Crippen molar-refractivity contribution in [2.75, 3.05) is 0 Å². The van der Waals surface area contributed by atoms with Gasteiger partial charge in [0.1, 0.15) is 6.61 Å². The molecular weight excluding hydrogens is 343 g/mol. The summed E-state index contributed by atoms with van der Waals surface area (Å²) < 4.78 is 6.78. The summed E-state index contributed by atoms with van der Waals surface area (Å²) in [6.07, 6.45) is 3.60. The second-order valence-electron chi connectivity index (χ2n) is 3.99. The Morgan fingerprint density at radius 2 is 2.22 bits per heavy atom. The highest BCUT2D eigenvalue weighted by molar-refractivity contribution is 14.1. The second-order valence-corrected chi connectivity index (χ2v) is 5.15. The summed E-state index contributed by atoms with van der Waals surface area (Å²) in [4.78, 5) is 0.748. The Labute approximate surface area is 120 Å². The number of benzene rings is 1. The molecule has 0 aliphatic carbocycles. The summed E-state index contributed by atoms with van der Waals surface area (Å²) in [6.45, 7) is 2.64. The summed E-state index contributed by atoms with van der Waals surface area (Å²) in [5, 5.41) is 12.8. The Balaban J connectivity index is 2.12. The van der Waals surface area contributed by atoms with Crippen LogP contribution in [0.5, 0.6) is 5.88 Å². The van der Waals surface area contributed by atoms with Gasteiger partial charge in [0.2, 0.25) is 5.88 Å². The number of hydrogen-bond acceptors (Lipinski definition) is 3.